The zero-order chi connectivity index (χ0) is 16.5. The van der Waals surface area contributed by atoms with E-state index in [2.05, 4.69) is 12.1 Å². The smallest absolute Gasteiger partial charge is 0.267 e. The van der Waals surface area contributed by atoms with Crippen molar-refractivity contribution in [2.24, 2.45) is 5.10 Å². The maximum absolute atomic E-state index is 13.0. The molecule has 5 heteroatoms. The van der Waals surface area contributed by atoms with Gasteiger partial charge in [0.2, 0.25) is 0 Å². The number of carbonyl (C=O) groups excluding carboxylic acids is 1. The molecule has 0 unspecified atom stereocenters. The van der Waals surface area contributed by atoms with Crippen molar-refractivity contribution < 1.29 is 4.79 Å². The van der Waals surface area contributed by atoms with Crippen molar-refractivity contribution in [2.75, 3.05) is 0 Å². The van der Waals surface area contributed by atoms with Crippen LogP contribution in [-0.2, 0) is 0 Å². The van der Waals surface area contributed by atoms with Gasteiger partial charge >= 0.3 is 0 Å². The summed E-state index contributed by atoms with van der Waals surface area (Å²) in [6.45, 7) is 2.00. The molecule has 0 saturated carbocycles. The standard InChI is InChI=1S/C19H16N2OS2/c1-13-5-2-6-14(11-13)19(22)21-16(18-8-4-10-24-18)12-15(20-21)17-7-3-9-23-17/h2-11,16H,12H2,1H3/t16-/m0/s1. The second-order valence-electron chi connectivity index (χ2n) is 5.78. The number of benzene rings is 1. The van der Waals surface area contributed by atoms with Crippen LogP contribution >= 0.6 is 22.7 Å². The molecule has 3 nitrogen and oxygen atoms in total. The number of carbonyl (C=O) groups is 1. The van der Waals surface area contributed by atoms with Crippen LogP contribution in [0.5, 0.6) is 0 Å². The number of aryl methyl sites for hydroxylation is 1. The van der Waals surface area contributed by atoms with Crippen molar-refractivity contribution in [1.82, 2.24) is 5.01 Å². The fourth-order valence-corrected chi connectivity index (χ4v) is 4.43. The lowest BCUT2D eigenvalue weighted by molar-refractivity contribution is 0.0713. The number of hydrogen-bond acceptors (Lipinski definition) is 4. The fraction of sp³-hybridized carbons (Fsp3) is 0.158. The highest BCUT2D eigenvalue weighted by Gasteiger charge is 2.34. The van der Waals surface area contributed by atoms with Crippen LogP contribution in [0, 0.1) is 6.92 Å². The second kappa shape index (κ2) is 6.34. The van der Waals surface area contributed by atoms with E-state index in [1.54, 1.807) is 27.7 Å². The summed E-state index contributed by atoms with van der Waals surface area (Å²) in [6, 6.07) is 15.9. The Morgan fingerprint density at radius 3 is 2.67 bits per heavy atom. The molecule has 0 aliphatic carbocycles. The van der Waals surface area contributed by atoms with Crippen molar-refractivity contribution >= 4 is 34.3 Å². The van der Waals surface area contributed by atoms with E-state index < -0.39 is 0 Å². The molecule has 2 aromatic heterocycles. The van der Waals surface area contributed by atoms with Crippen LogP contribution in [0.15, 0.2) is 64.4 Å². The maximum atomic E-state index is 13.0. The Balaban J connectivity index is 1.72. The summed E-state index contributed by atoms with van der Waals surface area (Å²) in [7, 11) is 0. The van der Waals surface area contributed by atoms with Gasteiger partial charge in [-0.2, -0.15) is 5.10 Å². The van der Waals surface area contributed by atoms with Gasteiger partial charge in [0.25, 0.3) is 5.91 Å². The van der Waals surface area contributed by atoms with Crippen LogP contribution in [0.1, 0.15) is 38.1 Å². The molecule has 3 heterocycles. The Bertz CT molecular complexity index is 882. The van der Waals surface area contributed by atoms with Crippen LogP contribution in [0.4, 0.5) is 0 Å². The van der Waals surface area contributed by atoms with Gasteiger partial charge in [-0.15, -0.1) is 22.7 Å². The topological polar surface area (TPSA) is 32.7 Å². The molecule has 120 valence electrons. The van der Waals surface area contributed by atoms with Gasteiger partial charge < -0.3 is 0 Å². The summed E-state index contributed by atoms with van der Waals surface area (Å²) >= 11 is 3.34. The number of hydrogen-bond donors (Lipinski definition) is 0. The third-order valence-corrected chi connectivity index (χ3v) is 5.95. The zero-order valence-corrected chi connectivity index (χ0v) is 14.8. The van der Waals surface area contributed by atoms with Gasteiger partial charge in [-0.1, -0.05) is 29.8 Å². The Labute approximate surface area is 148 Å². The van der Waals surface area contributed by atoms with Gasteiger partial charge in [0.1, 0.15) is 0 Å². The molecule has 0 fully saturated rings. The molecule has 0 N–H and O–H groups in total. The molecule has 1 aliphatic rings. The summed E-state index contributed by atoms with van der Waals surface area (Å²) in [4.78, 5) is 15.4. The third kappa shape index (κ3) is 2.81. The van der Waals surface area contributed by atoms with Gasteiger partial charge in [-0.25, -0.2) is 5.01 Å². The lowest BCUT2D eigenvalue weighted by Gasteiger charge is -2.20. The Kier molecular flexibility index (Phi) is 4.04. The van der Waals surface area contributed by atoms with Gasteiger partial charge in [0, 0.05) is 16.9 Å². The van der Waals surface area contributed by atoms with Crippen molar-refractivity contribution in [1.29, 1.82) is 0 Å². The predicted molar refractivity (Wildman–Crippen MR) is 99.9 cm³/mol. The Morgan fingerprint density at radius 2 is 1.96 bits per heavy atom. The van der Waals surface area contributed by atoms with Gasteiger partial charge in [-0.05, 0) is 41.9 Å². The molecular weight excluding hydrogens is 336 g/mol. The predicted octanol–water partition coefficient (Wildman–Crippen LogP) is 5.11. The number of hydrazone groups is 1. The first-order chi connectivity index (χ1) is 11.7. The van der Waals surface area contributed by atoms with Crippen molar-refractivity contribution in [3.05, 3.63) is 80.2 Å². The maximum Gasteiger partial charge on any atom is 0.274 e. The quantitative estimate of drug-likeness (QED) is 0.645. The first-order valence-corrected chi connectivity index (χ1v) is 9.53. The largest absolute Gasteiger partial charge is 0.274 e. The summed E-state index contributed by atoms with van der Waals surface area (Å²) < 4.78 is 0. The minimum absolute atomic E-state index is 0.0184. The average Bonchev–Trinajstić information content (AvgIpc) is 3.32. The van der Waals surface area contributed by atoms with Crippen molar-refractivity contribution in [3.8, 4) is 0 Å². The molecule has 1 amide bonds. The van der Waals surface area contributed by atoms with E-state index in [4.69, 9.17) is 5.10 Å². The van der Waals surface area contributed by atoms with Gasteiger partial charge in [-0.3, -0.25) is 4.79 Å². The van der Waals surface area contributed by atoms with Crippen LogP contribution in [-0.4, -0.2) is 16.6 Å². The summed E-state index contributed by atoms with van der Waals surface area (Å²) in [6.07, 6.45) is 0.762. The molecule has 0 saturated heterocycles. The highest BCUT2D eigenvalue weighted by molar-refractivity contribution is 7.12. The number of thiophene rings is 2. The van der Waals surface area contributed by atoms with E-state index in [1.807, 2.05) is 54.1 Å². The monoisotopic (exact) mass is 352 g/mol. The highest BCUT2D eigenvalue weighted by atomic mass is 32.1. The first-order valence-electron chi connectivity index (χ1n) is 7.77. The number of amides is 1. The summed E-state index contributed by atoms with van der Waals surface area (Å²) in [5.41, 5.74) is 2.76. The zero-order valence-electron chi connectivity index (χ0n) is 13.2. The molecule has 4 rings (SSSR count). The van der Waals surface area contributed by atoms with Crippen molar-refractivity contribution in [3.63, 3.8) is 0 Å². The second-order valence-corrected chi connectivity index (χ2v) is 7.71. The molecule has 0 radical (unpaired) electrons. The van der Waals surface area contributed by atoms with E-state index in [0.717, 1.165) is 22.6 Å². The van der Waals surface area contributed by atoms with E-state index in [-0.39, 0.29) is 11.9 Å². The molecule has 1 atom stereocenters. The Hall–Kier alpha value is -2.24. The lowest BCUT2D eigenvalue weighted by atomic mass is 10.1. The molecule has 1 aliphatic heterocycles. The van der Waals surface area contributed by atoms with Crippen LogP contribution in [0.25, 0.3) is 0 Å². The molecule has 0 spiro atoms. The van der Waals surface area contributed by atoms with Gasteiger partial charge in [0.05, 0.1) is 16.6 Å². The van der Waals surface area contributed by atoms with Crippen molar-refractivity contribution in [2.45, 2.75) is 19.4 Å². The first kappa shape index (κ1) is 15.3. The van der Waals surface area contributed by atoms with E-state index in [1.165, 1.54) is 4.88 Å². The average molecular weight is 352 g/mol. The number of nitrogens with zero attached hydrogens (tertiary/aromatic N) is 2. The van der Waals surface area contributed by atoms with E-state index >= 15 is 0 Å². The number of rotatable bonds is 3. The highest BCUT2D eigenvalue weighted by Crippen LogP contribution is 2.36. The summed E-state index contributed by atoms with van der Waals surface area (Å²) in [5, 5.41) is 10.4. The minimum Gasteiger partial charge on any atom is -0.267 e. The van der Waals surface area contributed by atoms with Gasteiger partial charge in [0.15, 0.2) is 0 Å². The van der Waals surface area contributed by atoms with E-state index in [0.29, 0.717) is 5.56 Å². The lowest BCUT2D eigenvalue weighted by Crippen LogP contribution is -2.26. The molecule has 0 bridgehead atoms. The fourth-order valence-electron chi connectivity index (χ4n) is 2.90. The molecule has 1 aromatic carbocycles. The van der Waals surface area contributed by atoms with Crippen LogP contribution < -0.4 is 0 Å². The Morgan fingerprint density at radius 1 is 1.12 bits per heavy atom. The SMILES string of the molecule is Cc1cccc(C(=O)N2N=C(c3cccs3)C[C@H]2c2cccs2)c1. The normalized spacial score (nSPS) is 17.1. The van der Waals surface area contributed by atoms with Crippen LogP contribution in [0.2, 0.25) is 0 Å². The molecular formula is C19H16N2OS2. The third-order valence-electron chi connectivity index (χ3n) is 4.06. The minimum atomic E-state index is -0.0383. The van der Waals surface area contributed by atoms with Crippen LogP contribution in [0.3, 0.4) is 0 Å². The molecule has 3 aromatic rings. The molecule has 24 heavy (non-hydrogen) atoms. The summed E-state index contributed by atoms with van der Waals surface area (Å²) in [5.74, 6) is -0.0383. The van der Waals surface area contributed by atoms with E-state index in [9.17, 15) is 4.79 Å².